The molecule has 1 aliphatic rings. The monoisotopic (exact) mass is 230 g/mol. The Morgan fingerprint density at radius 3 is 2.47 bits per heavy atom. The lowest BCUT2D eigenvalue weighted by Gasteiger charge is -2.21. The van der Waals surface area contributed by atoms with Crippen LogP contribution >= 0.6 is 0 Å². The Labute approximate surface area is 103 Å². The van der Waals surface area contributed by atoms with Crippen LogP contribution in [0.5, 0.6) is 5.75 Å². The maximum absolute atomic E-state index is 9.23. The molecule has 1 aromatic carbocycles. The van der Waals surface area contributed by atoms with Gasteiger partial charge in [0.15, 0.2) is 0 Å². The Morgan fingerprint density at radius 2 is 1.94 bits per heavy atom. The highest BCUT2D eigenvalue weighted by molar-refractivity contribution is 5.28. The van der Waals surface area contributed by atoms with Crippen LogP contribution in [0, 0.1) is 11.3 Å². The maximum Gasteiger partial charge on any atom is 0.118 e. The van der Waals surface area contributed by atoms with Gasteiger partial charge in [-0.15, -0.1) is 0 Å². The van der Waals surface area contributed by atoms with Crippen molar-refractivity contribution in [2.45, 2.75) is 25.3 Å². The van der Waals surface area contributed by atoms with Crippen LogP contribution in [-0.4, -0.2) is 31.1 Å². The Hall–Kier alpha value is -1.53. The highest BCUT2D eigenvalue weighted by Crippen LogP contribution is 2.17. The normalized spacial score (nSPS) is 17.6. The Kier molecular flexibility index (Phi) is 4.00. The number of hydrogen-bond acceptors (Lipinski definition) is 3. The molecule has 3 nitrogen and oxygen atoms in total. The largest absolute Gasteiger partial charge is 0.497 e. The van der Waals surface area contributed by atoms with Crippen molar-refractivity contribution in [2.75, 3.05) is 20.2 Å². The molecule has 3 heteroatoms. The molecular formula is C14H18N2O. The molecule has 1 atom stereocenters. The van der Waals surface area contributed by atoms with Crippen molar-refractivity contribution in [3.8, 4) is 11.8 Å². The summed E-state index contributed by atoms with van der Waals surface area (Å²) in [5.74, 6) is 0.864. The van der Waals surface area contributed by atoms with Gasteiger partial charge in [-0.25, -0.2) is 0 Å². The molecule has 0 saturated carbocycles. The second-order valence-electron chi connectivity index (χ2n) is 4.44. The highest BCUT2D eigenvalue weighted by Gasteiger charge is 2.21. The number of rotatable bonds is 4. The lowest BCUT2D eigenvalue weighted by atomic mass is 10.1. The fourth-order valence-electron chi connectivity index (χ4n) is 2.29. The van der Waals surface area contributed by atoms with Gasteiger partial charge in [-0.1, -0.05) is 12.1 Å². The summed E-state index contributed by atoms with van der Waals surface area (Å²) in [7, 11) is 1.66. The van der Waals surface area contributed by atoms with E-state index in [1.54, 1.807) is 7.11 Å². The van der Waals surface area contributed by atoms with Gasteiger partial charge in [0.2, 0.25) is 0 Å². The average Bonchev–Trinajstić information content (AvgIpc) is 2.90. The third kappa shape index (κ3) is 2.98. The van der Waals surface area contributed by atoms with Crippen LogP contribution in [-0.2, 0) is 6.42 Å². The van der Waals surface area contributed by atoms with Crippen molar-refractivity contribution in [1.29, 1.82) is 5.26 Å². The molecule has 0 amide bonds. The smallest absolute Gasteiger partial charge is 0.118 e. The lowest BCUT2D eigenvalue weighted by Crippen LogP contribution is -2.33. The SMILES string of the molecule is COc1ccc(CC(C#N)N2CCCC2)cc1. The highest BCUT2D eigenvalue weighted by atomic mass is 16.5. The van der Waals surface area contributed by atoms with E-state index in [1.807, 2.05) is 24.3 Å². The number of nitrogens with zero attached hydrogens (tertiary/aromatic N) is 2. The summed E-state index contributed by atoms with van der Waals surface area (Å²) in [5.41, 5.74) is 1.20. The molecule has 17 heavy (non-hydrogen) atoms. The van der Waals surface area contributed by atoms with Crippen molar-refractivity contribution in [2.24, 2.45) is 0 Å². The second-order valence-corrected chi connectivity index (χ2v) is 4.44. The maximum atomic E-state index is 9.23. The summed E-state index contributed by atoms with van der Waals surface area (Å²) in [6.07, 6.45) is 3.25. The van der Waals surface area contributed by atoms with Crippen molar-refractivity contribution < 1.29 is 4.74 Å². The van der Waals surface area contributed by atoms with Gasteiger partial charge in [-0.2, -0.15) is 5.26 Å². The van der Waals surface area contributed by atoms with Crippen LogP contribution in [0.2, 0.25) is 0 Å². The van der Waals surface area contributed by atoms with Crippen LogP contribution in [0.3, 0.4) is 0 Å². The van der Waals surface area contributed by atoms with Crippen LogP contribution in [0.4, 0.5) is 0 Å². The van der Waals surface area contributed by atoms with Gasteiger partial charge in [0, 0.05) is 6.42 Å². The molecule has 0 aromatic heterocycles. The molecule has 0 bridgehead atoms. The molecule has 0 N–H and O–H groups in total. The van der Waals surface area contributed by atoms with Crippen LogP contribution in [0.15, 0.2) is 24.3 Å². The third-order valence-corrected chi connectivity index (χ3v) is 3.32. The van der Waals surface area contributed by atoms with Gasteiger partial charge in [0.05, 0.1) is 13.2 Å². The number of benzene rings is 1. The van der Waals surface area contributed by atoms with E-state index in [2.05, 4.69) is 11.0 Å². The van der Waals surface area contributed by atoms with Crippen LogP contribution in [0.1, 0.15) is 18.4 Å². The first-order chi connectivity index (χ1) is 8.33. The van der Waals surface area contributed by atoms with E-state index in [0.717, 1.165) is 25.3 Å². The molecular weight excluding hydrogens is 212 g/mol. The molecule has 1 fully saturated rings. The van der Waals surface area contributed by atoms with Crippen molar-refractivity contribution >= 4 is 0 Å². The number of nitriles is 1. The first kappa shape index (κ1) is 11.9. The topological polar surface area (TPSA) is 36.3 Å². The van der Waals surface area contributed by atoms with E-state index in [0.29, 0.717) is 0 Å². The van der Waals surface area contributed by atoms with Gasteiger partial charge in [-0.3, -0.25) is 4.90 Å². The van der Waals surface area contributed by atoms with Gasteiger partial charge in [0.25, 0.3) is 0 Å². The van der Waals surface area contributed by atoms with E-state index in [4.69, 9.17) is 4.74 Å². The summed E-state index contributed by atoms with van der Waals surface area (Å²) >= 11 is 0. The zero-order valence-corrected chi connectivity index (χ0v) is 10.2. The number of methoxy groups -OCH3 is 1. The molecule has 1 heterocycles. The minimum atomic E-state index is 0.0193. The summed E-state index contributed by atoms with van der Waals surface area (Å²) in [5, 5.41) is 9.23. The Bertz CT molecular complexity index is 388. The van der Waals surface area contributed by atoms with E-state index >= 15 is 0 Å². The fourth-order valence-corrected chi connectivity index (χ4v) is 2.29. The average molecular weight is 230 g/mol. The molecule has 0 radical (unpaired) electrons. The molecule has 0 aliphatic carbocycles. The van der Waals surface area contributed by atoms with Crippen molar-refractivity contribution in [3.63, 3.8) is 0 Å². The molecule has 1 aromatic rings. The second kappa shape index (κ2) is 5.70. The van der Waals surface area contributed by atoms with Crippen LogP contribution < -0.4 is 4.74 Å². The first-order valence-corrected chi connectivity index (χ1v) is 6.10. The van der Waals surface area contributed by atoms with Crippen molar-refractivity contribution in [3.05, 3.63) is 29.8 Å². The molecule has 1 aliphatic heterocycles. The van der Waals surface area contributed by atoms with E-state index < -0.39 is 0 Å². The lowest BCUT2D eigenvalue weighted by molar-refractivity contribution is 0.288. The zero-order valence-electron chi connectivity index (χ0n) is 10.2. The summed E-state index contributed by atoms with van der Waals surface area (Å²) < 4.78 is 5.12. The fraction of sp³-hybridized carbons (Fsp3) is 0.500. The quantitative estimate of drug-likeness (QED) is 0.795. The Balaban J connectivity index is 2.00. The molecule has 90 valence electrons. The minimum absolute atomic E-state index is 0.0193. The summed E-state index contributed by atoms with van der Waals surface area (Å²) in [4.78, 5) is 2.28. The Morgan fingerprint density at radius 1 is 1.29 bits per heavy atom. The minimum Gasteiger partial charge on any atom is -0.497 e. The number of ether oxygens (including phenoxy) is 1. The number of likely N-dealkylation sites (tertiary alicyclic amines) is 1. The van der Waals surface area contributed by atoms with Gasteiger partial charge < -0.3 is 4.74 Å². The standard InChI is InChI=1S/C14H18N2O/c1-17-14-6-4-12(5-7-14)10-13(11-15)16-8-2-3-9-16/h4-7,13H,2-3,8-10H2,1H3. The summed E-state index contributed by atoms with van der Waals surface area (Å²) in [6.45, 7) is 2.13. The third-order valence-electron chi connectivity index (χ3n) is 3.32. The summed E-state index contributed by atoms with van der Waals surface area (Å²) in [6, 6.07) is 10.4. The first-order valence-electron chi connectivity index (χ1n) is 6.10. The molecule has 0 spiro atoms. The number of hydrogen-bond donors (Lipinski definition) is 0. The van der Waals surface area contributed by atoms with E-state index in [-0.39, 0.29) is 6.04 Å². The molecule has 2 rings (SSSR count). The zero-order chi connectivity index (χ0) is 12.1. The van der Waals surface area contributed by atoms with Gasteiger partial charge in [0.1, 0.15) is 11.8 Å². The van der Waals surface area contributed by atoms with Crippen molar-refractivity contribution in [1.82, 2.24) is 4.90 Å². The molecule has 1 saturated heterocycles. The van der Waals surface area contributed by atoms with E-state index in [1.165, 1.54) is 18.4 Å². The van der Waals surface area contributed by atoms with Gasteiger partial charge >= 0.3 is 0 Å². The van der Waals surface area contributed by atoms with Gasteiger partial charge in [-0.05, 0) is 43.6 Å². The van der Waals surface area contributed by atoms with Crippen LogP contribution in [0.25, 0.3) is 0 Å². The van der Waals surface area contributed by atoms with E-state index in [9.17, 15) is 5.26 Å². The molecule has 1 unspecified atom stereocenters. The predicted molar refractivity (Wildman–Crippen MR) is 66.9 cm³/mol. The predicted octanol–water partition coefficient (Wildman–Crippen LogP) is 2.23.